The molecule has 2 aromatic rings. The van der Waals surface area contributed by atoms with Crippen LogP contribution in [-0.2, 0) is 0 Å². The van der Waals surface area contributed by atoms with Gasteiger partial charge in [0.25, 0.3) is 0 Å². The highest BCUT2D eigenvalue weighted by molar-refractivity contribution is 6.10. The van der Waals surface area contributed by atoms with Gasteiger partial charge in [0, 0.05) is 11.6 Å². The minimum absolute atomic E-state index is 0.116. The van der Waals surface area contributed by atoms with E-state index in [0.717, 1.165) is 0 Å². The zero-order valence-corrected chi connectivity index (χ0v) is 12.7. The van der Waals surface area contributed by atoms with Gasteiger partial charge in [-0.3, -0.25) is 4.79 Å². The molecular formula is C18H18O4. The number of carbonyl (C=O) groups is 1. The average molecular weight is 298 g/mol. The summed E-state index contributed by atoms with van der Waals surface area (Å²) in [5, 5.41) is 0. The van der Waals surface area contributed by atoms with Gasteiger partial charge < -0.3 is 14.2 Å². The zero-order chi connectivity index (χ0) is 15.9. The zero-order valence-electron chi connectivity index (χ0n) is 12.7. The highest BCUT2D eigenvalue weighted by Gasteiger charge is 2.15. The molecule has 0 heterocycles. The van der Waals surface area contributed by atoms with Gasteiger partial charge in [0.15, 0.2) is 5.78 Å². The predicted molar refractivity (Wildman–Crippen MR) is 85.1 cm³/mol. The summed E-state index contributed by atoms with van der Waals surface area (Å²) in [6.45, 7) is 4.02. The van der Waals surface area contributed by atoms with E-state index >= 15 is 0 Å². The molecule has 2 aromatic carbocycles. The molecule has 0 radical (unpaired) electrons. The van der Waals surface area contributed by atoms with Gasteiger partial charge in [-0.2, -0.15) is 0 Å². The van der Waals surface area contributed by atoms with Crippen LogP contribution < -0.4 is 14.2 Å². The number of benzene rings is 2. The van der Waals surface area contributed by atoms with Crippen LogP contribution in [0.2, 0.25) is 0 Å². The molecule has 0 aromatic heterocycles. The Hall–Kier alpha value is -2.75. The minimum atomic E-state index is -0.116. The lowest BCUT2D eigenvalue weighted by atomic mass is 10.0. The van der Waals surface area contributed by atoms with Gasteiger partial charge in [-0.05, 0) is 36.4 Å². The minimum Gasteiger partial charge on any atom is -0.497 e. The standard InChI is InChI=1S/C18H18O4/c1-4-11-22-14-7-5-13(6-8-14)18(19)16-10-9-15(20-2)12-17(16)21-3/h4-10,12H,1,11H2,2-3H3. The van der Waals surface area contributed by atoms with Crippen molar-refractivity contribution in [3.8, 4) is 17.2 Å². The van der Waals surface area contributed by atoms with Crippen LogP contribution in [0.3, 0.4) is 0 Å². The van der Waals surface area contributed by atoms with Gasteiger partial charge in [-0.1, -0.05) is 12.7 Å². The van der Waals surface area contributed by atoms with Crippen LogP contribution in [-0.4, -0.2) is 26.6 Å². The Bertz CT molecular complexity index is 659. The quantitative estimate of drug-likeness (QED) is 0.580. The molecule has 0 N–H and O–H groups in total. The largest absolute Gasteiger partial charge is 0.497 e. The SMILES string of the molecule is C=CCOc1ccc(C(=O)c2ccc(OC)cc2OC)cc1. The van der Waals surface area contributed by atoms with Crippen molar-refractivity contribution in [3.63, 3.8) is 0 Å². The first kappa shape index (κ1) is 15.6. The van der Waals surface area contributed by atoms with Crippen molar-refractivity contribution in [2.45, 2.75) is 0 Å². The fourth-order valence-electron chi connectivity index (χ4n) is 2.00. The first-order valence-corrected chi connectivity index (χ1v) is 6.80. The number of ether oxygens (including phenoxy) is 3. The monoisotopic (exact) mass is 298 g/mol. The topological polar surface area (TPSA) is 44.8 Å². The molecule has 0 spiro atoms. The molecule has 22 heavy (non-hydrogen) atoms. The van der Waals surface area contributed by atoms with E-state index in [2.05, 4.69) is 6.58 Å². The van der Waals surface area contributed by atoms with Gasteiger partial charge in [-0.25, -0.2) is 0 Å². The predicted octanol–water partition coefficient (Wildman–Crippen LogP) is 3.50. The maximum Gasteiger partial charge on any atom is 0.196 e. The van der Waals surface area contributed by atoms with Crippen LogP contribution in [0.15, 0.2) is 55.1 Å². The molecule has 0 unspecified atom stereocenters. The second-order valence-corrected chi connectivity index (χ2v) is 4.52. The Kier molecular flexibility index (Phi) is 5.20. The highest BCUT2D eigenvalue weighted by atomic mass is 16.5. The number of hydrogen-bond donors (Lipinski definition) is 0. The summed E-state index contributed by atoms with van der Waals surface area (Å²) in [6.07, 6.45) is 1.67. The molecule has 0 saturated heterocycles. The summed E-state index contributed by atoms with van der Waals surface area (Å²) >= 11 is 0. The number of hydrogen-bond acceptors (Lipinski definition) is 4. The van der Waals surface area contributed by atoms with Crippen LogP contribution in [0.5, 0.6) is 17.2 Å². The number of ketones is 1. The normalized spacial score (nSPS) is 9.91. The van der Waals surface area contributed by atoms with Crippen molar-refractivity contribution in [3.05, 3.63) is 66.2 Å². The van der Waals surface area contributed by atoms with E-state index < -0.39 is 0 Å². The molecule has 0 aliphatic rings. The molecule has 0 amide bonds. The van der Waals surface area contributed by atoms with Crippen molar-refractivity contribution in [1.82, 2.24) is 0 Å². The molecule has 4 heteroatoms. The van der Waals surface area contributed by atoms with Gasteiger partial charge in [0.2, 0.25) is 0 Å². The summed E-state index contributed by atoms with van der Waals surface area (Å²) < 4.78 is 15.8. The maximum atomic E-state index is 12.6. The molecule has 2 rings (SSSR count). The smallest absolute Gasteiger partial charge is 0.196 e. The number of rotatable bonds is 7. The molecule has 4 nitrogen and oxygen atoms in total. The lowest BCUT2D eigenvalue weighted by Gasteiger charge is -2.10. The van der Waals surface area contributed by atoms with Crippen LogP contribution in [0, 0.1) is 0 Å². The molecule has 0 aliphatic carbocycles. The molecule has 0 atom stereocenters. The van der Waals surface area contributed by atoms with E-state index in [1.54, 1.807) is 55.7 Å². The maximum absolute atomic E-state index is 12.6. The first-order chi connectivity index (χ1) is 10.7. The van der Waals surface area contributed by atoms with Crippen molar-refractivity contribution < 1.29 is 19.0 Å². The van der Waals surface area contributed by atoms with Gasteiger partial charge in [0.1, 0.15) is 23.9 Å². The Labute approximate surface area is 129 Å². The van der Waals surface area contributed by atoms with E-state index in [-0.39, 0.29) is 5.78 Å². The van der Waals surface area contributed by atoms with Crippen LogP contribution >= 0.6 is 0 Å². The van der Waals surface area contributed by atoms with Crippen molar-refractivity contribution in [2.24, 2.45) is 0 Å². The third-order valence-electron chi connectivity index (χ3n) is 3.14. The van der Waals surface area contributed by atoms with Gasteiger partial charge in [-0.15, -0.1) is 0 Å². The Morgan fingerprint density at radius 2 is 1.73 bits per heavy atom. The lowest BCUT2D eigenvalue weighted by Crippen LogP contribution is -2.04. The van der Waals surface area contributed by atoms with Gasteiger partial charge >= 0.3 is 0 Å². The van der Waals surface area contributed by atoms with E-state index in [1.807, 2.05) is 0 Å². The van der Waals surface area contributed by atoms with E-state index in [0.29, 0.717) is 35.0 Å². The molecule has 0 bridgehead atoms. The summed E-state index contributed by atoms with van der Waals surface area (Å²) in [7, 11) is 3.09. The third kappa shape index (κ3) is 3.47. The van der Waals surface area contributed by atoms with E-state index in [4.69, 9.17) is 14.2 Å². The van der Waals surface area contributed by atoms with Crippen molar-refractivity contribution in [2.75, 3.05) is 20.8 Å². The fourth-order valence-corrected chi connectivity index (χ4v) is 2.00. The second kappa shape index (κ2) is 7.31. The van der Waals surface area contributed by atoms with Crippen LogP contribution in [0.1, 0.15) is 15.9 Å². The second-order valence-electron chi connectivity index (χ2n) is 4.52. The molecular weight excluding hydrogens is 280 g/mol. The fraction of sp³-hybridized carbons (Fsp3) is 0.167. The van der Waals surface area contributed by atoms with Gasteiger partial charge in [0.05, 0.1) is 19.8 Å². The summed E-state index contributed by atoms with van der Waals surface area (Å²) in [5.74, 6) is 1.70. The highest BCUT2D eigenvalue weighted by Crippen LogP contribution is 2.27. The summed E-state index contributed by atoms with van der Waals surface area (Å²) in [6, 6.07) is 12.1. The van der Waals surface area contributed by atoms with Crippen LogP contribution in [0.4, 0.5) is 0 Å². The Morgan fingerprint density at radius 1 is 1.05 bits per heavy atom. The number of carbonyl (C=O) groups excluding carboxylic acids is 1. The van der Waals surface area contributed by atoms with Crippen LogP contribution in [0.25, 0.3) is 0 Å². The molecule has 0 aliphatic heterocycles. The Morgan fingerprint density at radius 3 is 2.32 bits per heavy atom. The average Bonchev–Trinajstić information content (AvgIpc) is 2.59. The van der Waals surface area contributed by atoms with Crippen molar-refractivity contribution >= 4 is 5.78 Å². The number of methoxy groups -OCH3 is 2. The molecule has 0 saturated carbocycles. The summed E-state index contributed by atoms with van der Waals surface area (Å²) in [5.41, 5.74) is 1.05. The van der Waals surface area contributed by atoms with E-state index in [9.17, 15) is 4.79 Å². The lowest BCUT2D eigenvalue weighted by molar-refractivity contribution is 0.103. The molecule has 114 valence electrons. The summed E-state index contributed by atoms with van der Waals surface area (Å²) in [4.78, 5) is 12.6. The van der Waals surface area contributed by atoms with E-state index in [1.165, 1.54) is 7.11 Å². The third-order valence-corrected chi connectivity index (χ3v) is 3.14. The Balaban J connectivity index is 2.25. The molecule has 0 fully saturated rings. The van der Waals surface area contributed by atoms with Crippen molar-refractivity contribution in [1.29, 1.82) is 0 Å². The first-order valence-electron chi connectivity index (χ1n) is 6.80.